The predicted octanol–water partition coefficient (Wildman–Crippen LogP) is 6.90. The van der Waals surface area contributed by atoms with E-state index >= 15 is 0 Å². The Hall–Kier alpha value is -0.440. The molecule has 0 saturated carbocycles. The fourth-order valence-corrected chi connectivity index (χ4v) is 2.51. The van der Waals surface area contributed by atoms with E-state index < -0.39 is 0 Å². The Morgan fingerprint density at radius 2 is 0.850 bits per heavy atom. The lowest BCUT2D eigenvalue weighted by molar-refractivity contribution is 0.538. The monoisotopic (exact) mass is 276 g/mol. The third kappa shape index (κ3) is 17.6. The molecule has 0 fully saturated rings. The first-order valence-corrected chi connectivity index (χ1v) is 8.96. The van der Waals surface area contributed by atoms with Crippen LogP contribution in [-0.4, -0.2) is 0 Å². The second-order valence-electron chi connectivity index (χ2n) is 5.80. The first-order valence-electron chi connectivity index (χ1n) is 8.96. The minimum Gasteiger partial charge on any atom is -0.103 e. The van der Waals surface area contributed by atoms with E-state index in [1.807, 2.05) is 0 Å². The minimum atomic E-state index is 0.760. The van der Waals surface area contributed by atoms with E-state index in [9.17, 15) is 0 Å². The number of rotatable bonds is 14. The molecule has 0 nitrogen and oxygen atoms in total. The zero-order chi connectivity index (χ0) is 14.7. The summed E-state index contributed by atoms with van der Waals surface area (Å²) in [5.41, 5.74) is 0. The fraction of sp³-hybridized carbons (Fsp3) is 0.800. The van der Waals surface area contributed by atoms with Gasteiger partial charge in [-0.2, -0.15) is 0 Å². The molecule has 0 unspecified atom stereocenters. The van der Waals surface area contributed by atoms with E-state index in [0.29, 0.717) is 0 Å². The summed E-state index contributed by atoms with van der Waals surface area (Å²) in [5.74, 6) is 6.19. The van der Waals surface area contributed by atoms with Crippen LogP contribution in [-0.2, 0) is 0 Å². The first-order chi connectivity index (χ1) is 9.91. The molecule has 0 heterocycles. The zero-order valence-electron chi connectivity index (χ0n) is 13.7. The molecule has 0 rings (SSSR count). The van der Waals surface area contributed by atoms with Crippen LogP contribution in [0.1, 0.15) is 103 Å². The van der Waals surface area contributed by atoms with Gasteiger partial charge in [-0.3, -0.25) is 0 Å². The molecule has 0 atom stereocenters. The van der Waals surface area contributed by atoms with E-state index in [2.05, 4.69) is 25.7 Å². The average Bonchev–Trinajstić information content (AvgIpc) is 2.47. The molecular formula is C20H36. The van der Waals surface area contributed by atoms with Gasteiger partial charge in [0.25, 0.3) is 0 Å². The molecule has 0 heteroatoms. The SMILES string of the molecule is [CH2]CC#CCCCCCCCCCCCCCCC[CH2]. The molecule has 0 aromatic heterocycles. The second-order valence-corrected chi connectivity index (χ2v) is 5.80. The van der Waals surface area contributed by atoms with Crippen molar-refractivity contribution in [2.75, 3.05) is 0 Å². The van der Waals surface area contributed by atoms with Gasteiger partial charge in [-0.1, -0.05) is 90.4 Å². The largest absolute Gasteiger partial charge is 0.103 e. The molecule has 0 saturated heterocycles. The van der Waals surface area contributed by atoms with E-state index in [1.54, 1.807) is 0 Å². The van der Waals surface area contributed by atoms with Crippen LogP contribution < -0.4 is 0 Å². The normalized spacial score (nSPS) is 10.3. The van der Waals surface area contributed by atoms with E-state index in [1.165, 1.54) is 83.5 Å². The molecule has 0 aliphatic carbocycles. The van der Waals surface area contributed by atoms with Gasteiger partial charge < -0.3 is 0 Å². The van der Waals surface area contributed by atoms with Gasteiger partial charge in [0.2, 0.25) is 0 Å². The molecule has 0 N–H and O–H groups in total. The summed E-state index contributed by atoms with van der Waals surface area (Å²) >= 11 is 0. The minimum absolute atomic E-state index is 0.760. The van der Waals surface area contributed by atoms with Crippen molar-refractivity contribution in [3.8, 4) is 11.8 Å². The number of hydrogen-bond donors (Lipinski definition) is 0. The molecular weight excluding hydrogens is 240 g/mol. The van der Waals surface area contributed by atoms with Crippen molar-refractivity contribution in [2.45, 2.75) is 103 Å². The van der Waals surface area contributed by atoms with Crippen molar-refractivity contribution in [2.24, 2.45) is 0 Å². The Balaban J connectivity index is 2.96. The maximum atomic E-state index is 3.88. The molecule has 2 radical (unpaired) electrons. The maximum absolute atomic E-state index is 3.88. The second kappa shape index (κ2) is 18.6. The lowest BCUT2D eigenvalue weighted by Crippen LogP contribution is -1.83. The molecule has 0 aliphatic rings. The molecule has 0 spiro atoms. The summed E-state index contributed by atoms with van der Waals surface area (Å²) in [6, 6.07) is 0. The molecule has 0 aromatic carbocycles. The summed E-state index contributed by atoms with van der Waals surface area (Å²) in [5, 5.41) is 0. The maximum Gasteiger partial charge on any atom is 0.00890 e. The van der Waals surface area contributed by atoms with E-state index in [-0.39, 0.29) is 0 Å². The first kappa shape index (κ1) is 19.6. The summed E-state index contributed by atoms with van der Waals surface area (Å²) < 4.78 is 0. The van der Waals surface area contributed by atoms with E-state index in [0.717, 1.165) is 19.3 Å². The average molecular weight is 277 g/mol. The Morgan fingerprint density at radius 1 is 0.450 bits per heavy atom. The van der Waals surface area contributed by atoms with Crippen LogP contribution in [0, 0.1) is 25.7 Å². The van der Waals surface area contributed by atoms with Gasteiger partial charge in [0.05, 0.1) is 0 Å². The van der Waals surface area contributed by atoms with Crippen molar-refractivity contribution in [1.29, 1.82) is 0 Å². The van der Waals surface area contributed by atoms with Crippen LogP contribution in [0.4, 0.5) is 0 Å². The van der Waals surface area contributed by atoms with Crippen LogP contribution in [0.3, 0.4) is 0 Å². The van der Waals surface area contributed by atoms with Gasteiger partial charge in [-0.15, -0.1) is 11.8 Å². The van der Waals surface area contributed by atoms with Crippen molar-refractivity contribution < 1.29 is 0 Å². The highest BCUT2D eigenvalue weighted by Gasteiger charge is 1.93. The van der Waals surface area contributed by atoms with Gasteiger partial charge in [-0.05, 0) is 13.3 Å². The number of unbranched alkanes of at least 4 members (excludes halogenated alkanes) is 14. The van der Waals surface area contributed by atoms with Crippen LogP contribution in [0.2, 0.25) is 0 Å². The topological polar surface area (TPSA) is 0 Å². The molecule has 0 bridgehead atoms. The summed E-state index contributed by atoms with van der Waals surface area (Å²) in [7, 11) is 0. The van der Waals surface area contributed by atoms with Gasteiger partial charge >= 0.3 is 0 Å². The highest BCUT2D eigenvalue weighted by molar-refractivity contribution is 4.98. The van der Waals surface area contributed by atoms with Crippen molar-refractivity contribution in [3.05, 3.63) is 13.8 Å². The Labute approximate surface area is 129 Å². The Morgan fingerprint density at radius 3 is 1.25 bits per heavy atom. The van der Waals surface area contributed by atoms with Crippen LogP contribution in [0.15, 0.2) is 0 Å². The fourth-order valence-electron chi connectivity index (χ4n) is 2.51. The smallest absolute Gasteiger partial charge is 0.00890 e. The zero-order valence-corrected chi connectivity index (χ0v) is 13.7. The lowest BCUT2D eigenvalue weighted by atomic mass is 10.0. The Kier molecular flexibility index (Phi) is 18.2. The third-order valence-electron chi connectivity index (χ3n) is 3.80. The summed E-state index contributed by atoms with van der Waals surface area (Å²) in [6.07, 6.45) is 21.2. The van der Waals surface area contributed by atoms with Gasteiger partial charge in [-0.25, -0.2) is 0 Å². The summed E-state index contributed by atoms with van der Waals surface area (Å²) in [6.45, 7) is 7.60. The van der Waals surface area contributed by atoms with Crippen LogP contribution in [0.5, 0.6) is 0 Å². The van der Waals surface area contributed by atoms with Gasteiger partial charge in [0, 0.05) is 12.8 Å². The lowest BCUT2D eigenvalue weighted by Gasteiger charge is -2.02. The Bertz CT molecular complexity index is 218. The highest BCUT2D eigenvalue weighted by atomic mass is 14.0. The summed E-state index contributed by atoms with van der Waals surface area (Å²) in [4.78, 5) is 0. The standard InChI is InChI=1S/C20H36/c1-3-5-7-9-11-13-15-17-19-20-18-16-14-12-10-8-6-4-2/h1-5,7,9-20H2. The van der Waals surface area contributed by atoms with Crippen molar-refractivity contribution in [1.82, 2.24) is 0 Å². The number of hydrogen-bond acceptors (Lipinski definition) is 0. The quantitative estimate of drug-likeness (QED) is 0.239. The predicted molar refractivity (Wildman–Crippen MR) is 92.4 cm³/mol. The van der Waals surface area contributed by atoms with Gasteiger partial charge in [0.15, 0.2) is 0 Å². The molecule has 20 heavy (non-hydrogen) atoms. The molecule has 116 valence electrons. The highest BCUT2D eigenvalue weighted by Crippen LogP contribution is 2.13. The van der Waals surface area contributed by atoms with Crippen LogP contribution in [0.25, 0.3) is 0 Å². The molecule has 0 aliphatic heterocycles. The van der Waals surface area contributed by atoms with Crippen molar-refractivity contribution in [3.63, 3.8) is 0 Å². The van der Waals surface area contributed by atoms with E-state index in [4.69, 9.17) is 0 Å². The van der Waals surface area contributed by atoms with Crippen LogP contribution >= 0.6 is 0 Å². The molecule has 0 aromatic rings. The third-order valence-corrected chi connectivity index (χ3v) is 3.80. The molecule has 0 amide bonds. The van der Waals surface area contributed by atoms with Crippen molar-refractivity contribution >= 4 is 0 Å². The van der Waals surface area contributed by atoms with Gasteiger partial charge in [0.1, 0.15) is 0 Å².